The minimum atomic E-state index is 0.838. The summed E-state index contributed by atoms with van der Waals surface area (Å²) < 4.78 is 0. The van der Waals surface area contributed by atoms with E-state index in [4.69, 9.17) is 0 Å². The number of benzene rings is 1. The monoisotopic (exact) mass is 410 g/mol. The summed E-state index contributed by atoms with van der Waals surface area (Å²) in [5, 5.41) is 0. The van der Waals surface area contributed by atoms with Crippen molar-refractivity contribution in [2.24, 2.45) is 11.8 Å². The molecule has 0 aliphatic heterocycles. The van der Waals surface area contributed by atoms with Gasteiger partial charge in [-0.05, 0) is 86.2 Å². The van der Waals surface area contributed by atoms with Gasteiger partial charge in [0.15, 0.2) is 0 Å². The Hall–Kier alpha value is -0.780. The maximum atomic E-state index is 2.50. The van der Waals surface area contributed by atoms with Gasteiger partial charge in [0, 0.05) is 0 Å². The zero-order valence-electron chi connectivity index (χ0n) is 20.3. The Morgan fingerprint density at radius 3 is 1.20 bits per heavy atom. The van der Waals surface area contributed by atoms with Crippen LogP contribution in [0.15, 0.2) is 24.3 Å². The summed E-state index contributed by atoms with van der Waals surface area (Å²) in [6.07, 6.45) is 26.1. The van der Waals surface area contributed by atoms with Gasteiger partial charge in [-0.3, -0.25) is 0 Å². The van der Waals surface area contributed by atoms with E-state index in [1.165, 1.54) is 116 Å². The van der Waals surface area contributed by atoms with Crippen molar-refractivity contribution in [1.82, 2.24) is 0 Å². The van der Waals surface area contributed by atoms with Crippen LogP contribution in [0.1, 0.15) is 152 Å². The summed E-state index contributed by atoms with van der Waals surface area (Å²) in [5.74, 6) is 3.72. The molecule has 2 saturated carbocycles. The van der Waals surface area contributed by atoms with Gasteiger partial charge in [-0.2, -0.15) is 0 Å². The van der Waals surface area contributed by atoms with Gasteiger partial charge in [-0.15, -0.1) is 0 Å². The van der Waals surface area contributed by atoms with Crippen LogP contribution in [0.5, 0.6) is 0 Å². The van der Waals surface area contributed by atoms with E-state index in [9.17, 15) is 0 Å². The van der Waals surface area contributed by atoms with Crippen molar-refractivity contribution in [2.75, 3.05) is 0 Å². The molecule has 0 bridgehead atoms. The second-order valence-electron chi connectivity index (χ2n) is 10.8. The van der Waals surface area contributed by atoms with Crippen molar-refractivity contribution in [1.29, 1.82) is 0 Å². The summed E-state index contributed by atoms with van der Waals surface area (Å²) in [6, 6.07) is 9.99. The Labute approximate surface area is 188 Å². The van der Waals surface area contributed by atoms with Gasteiger partial charge in [0.05, 0.1) is 0 Å². The van der Waals surface area contributed by atoms with Crippen LogP contribution in [0.4, 0.5) is 0 Å². The average molecular weight is 411 g/mol. The molecule has 1 aromatic carbocycles. The molecule has 0 heterocycles. The van der Waals surface area contributed by atoms with E-state index in [2.05, 4.69) is 38.1 Å². The van der Waals surface area contributed by atoms with Crippen LogP contribution in [-0.4, -0.2) is 0 Å². The molecule has 30 heavy (non-hydrogen) atoms. The highest BCUT2D eigenvalue weighted by Crippen LogP contribution is 2.40. The number of unbranched alkanes of at least 4 members (excludes halogenated alkanes) is 6. The molecule has 0 nitrogen and oxygen atoms in total. The van der Waals surface area contributed by atoms with E-state index in [0.29, 0.717) is 0 Å². The van der Waals surface area contributed by atoms with E-state index in [1.807, 2.05) is 0 Å². The first-order valence-electron chi connectivity index (χ1n) is 13.9. The lowest BCUT2D eigenvalue weighted by molar-refractivity contribution is 0.300. The third-order valence-electron chi connectivity index (χ3n) is 8.50. The molecule has 170 valence electrons. The fraction of sp³-hybridized carbons (Fsp3) is 0.800. The van der Waals surface area contributed by atoms with E-state index < -0.39 is 0 Å². The van der Waals surface area contributed by atoms with Crippen molar-refractivity contribution in [2.45, 2.75) is 141 Å². The maximum absolute atomic E-state index is 2.50. The van der Waals surface area contributed by atoms with Gasteiger partial charge in [-0.1, -0.05) is 102 Å². The van der Waals surface area contributed by atoms with Crippen LogP contribution >= 0.6 is 0 Å². The standard InChI is InChI=1S/C30H50/c1-3-5-7-9-11-25-13-17-27(18-14-25)29-21-23-30(24-22-29)28-19-15-26(16-20-28)12-10-8-6-4-2/h21-28H,3-20H2,1-2H3/t25-,26-,27-,28-. The Morgan fingerprint density at radius 1 is 0.500 bits per heavy atom. The molecular formula is C30H50. The van der Waals surface area contributed by atoms with Crippen LogP contribution in [-0.2, 0) is 0 Å². The van der Waals surface area contributed by atoms with E-state index in [0.717, 1.165) is 23.7 Å². The normalized spacial score (nSPS) is 27.3. The van der Waals surface area contributed by atoms with Crippen molar-refractivity contribution < 1.29 is 0 Å². The van der Waals surface area contributed by atoms with Crippen LogP contribution in [0.3, 0.4) is 0 Å². The van der Waals surface area contributed by atoms with Gasteiger partial charge in [0.2, 0.25) is 0 Å². The Morgan fingerprint density at radius 2 is 0.867 bits per heavy atom. The first kappa shape index (κ1) is 23.9. The smallest absolute Gasteiger partial charge is 0.0162 e. The Bertz CT molecular complexity index is 489. The van der Waals surface area contributed by atoms with E-state index in [-0.39, 0.29) is 0 Å². The maximum Gasteiger partial charge on any atom is -0.0162 e. The molecule has 2 aliphatic rings. The van der Waals surface area contributed by atoms with Gasteiger partial charge in [0.25, 0.3) is 0 Å². The molecule has 0 amide bonds. The molecule has 0 aromatic heterocycles. The third-order valence-corrected chi connectivity index (χ3v) is 8.50. The lowest BCUT2D eigenvalue weighted by Crippen LogP contribution is -2.14. The quantitative estimate of drug-likeness (QED) is 0.301. The summed E-state index contributed by atoms with van der Waals surface area (Å²) in [7, 11) is 0. The van der Waals surface area contributed by atoms with E-state index in [1.54, 1.807) is 11.1 Å². The van der Waals surface area contributed by atoms with Gasteiger partial charge in [0.1, 0.15) is 0 Å². The second kappa shape index (κ2) is 13.6. The molecule has 2 aliphatic carbocycles. The zero-order valence-corrected chi connectivity index (χ0v) is 20.3. The number of rotatable bonds is 12. The molecular weight excluding hydrogens is 360 g/mol. The molecule has 0 radical (unpaired) electrons. The van der Waals surface area contributed by atoms with Gasteiger partial charge < -0.3 is 0 Å². The van der Waals surface area contributed by atoms with Crippen LogP contribution in [0.25, 0.3) is 0 Å². The fourth-order valence-corrected chi connectivity index (χ4v) is 6.33. The number of hydrogen-bond donors (Lipinski definition) is 0. The average Bonchev–Trinajstić information content (AvgIpc) is 2.81. The summed E-state index contributed by atoms with van der Waals surface area (Å²) >= 11 is 0. The minimum absolute atomic E-state index is 0.838. The lowest BCUT2D eigenvalue weighted by Gasteiger charge is -2.30. The SMILES string of the molecule is CCCCCC[C@H]1CC[C@H](c2ccc([C@H]3CC[C@H](CCCCCC)CC3)cc2)CC1. The largest absolute Gasteiger partial charge is 0.0654 e. The molecule has 0 saturated heterocycles. The highest BCUT2D eigenvalue weighted by Gasteiger charge is 2.24. The predicted molar refractivity (Wildman–Crippen MR) is 133 cm³/mol. The van der Waals surface area contributed by atoms with Crippen molar-refractivity contribution in [3.05, 3.63) is 35.4 Å². The molecule has 0 heteroatoms. The molecule has 0 spiro atoms. The summed E-state index contributed by atoms with van der Waals surface area (Å²) in [4.78, 5) is 0. The Kier molecular flexibility index (Phi) is 10.8. The highest BCUT2D eigenvalue weighted by molar-refractivity contribution is 5.28. The molecule has 3 rings (SSSR count). The first-order chi connectivity index (χ1) is 14.8. The Balaban J connectivity index is 1.36. The minimum Gasteiger partial charge on any atom is -0.0654 e. The molecule has 0 atom stereocenters. The fourth-order valence-electron chi connectivity index (χ4n) is 6.33. The van der Waals surface area contributed by atoms with Gasteiger partial charge in [-0.25, -0.2) is 0 Å². The predicted octanol–water partition coefficient (Wildman–Crippen LogP) is 10.2. The molecule has 1 aromatic rings. The van der Waals surface area contributed by atoms with E-state index >= 15 is 0 Å². The molecule has 0 N–H and O–H groups in total. The van der Waals surface area contributed by atoms with Gasteiger partial charge >= 0.3 is 0 Å². The van der Waals surface area contributed by atoms with Crippen molar-refractivity contribution in [3.8, 4) is 0 Å². The lowest BCUT2D eigenvalue weighted by atomic mass is 9.75. The topological polar surface area (TPSA) is 0 Å². The molecule has 0 unspecified atom stereocenters. The van der Waals surface area contributed by atoms with Crippen LogP contribution < -0.4 is 0 Å². The highest BCUT2D eigenvalue weighted by atomic mass is 14.3. The zero-order chi connectivity index (χ0) is 21.0. The number of hydrogen-bond acceptors (Lipinski definition) is 0. The summed E-state index contributed by atoms with van der Waals surface area (Å²) in [6.45, 7) is 4.63. The van der Waals surface area contributed by atoms with Crippen LogP contribution in [0, 0.1) is 11.8 Å². The molecule has 2 fully saturated rings. The first-order valence-corrected chi connectivity index (χ1v) is 13.9. The van der Waals surface area contributed by atoms with Crippen LogP contribution in [0.2, 0.25) is 0 Å². The third kappa shape index (κ3) is 7.72. The van der Waals surface area contributed by atoms with Crippen molar-refractivity contribution >= 4 is 0 Å². The van der Waals surface area contributed by atoms with Crippen molar-refractivity contribution in [3.63, 3.8) is 0 Å². The second-order valence-corrected chi connectivity index (χ2v) is 10.8. The summed E-state index contributed by atoms with van der Waals surface area (Å²) in [5.41, 5.74) is 3.26.